The van der Waals surface area contributed by atoms with Gasteiger partial charge in [-0.15, -0.1) is 0 Å². The highest BCUT2D eigenvalue weighted by atomic mass is 35.5. The quantitative estimate of drug-likeness (QED) is 0.782. The first-order valence-corrected chi connectivity index (χ1v) is 8.45. The highest BCUT2D eigenvalue weighted by Gasteiger charge is 2.33. The van der Waals surface area contributed by atoms with Gasteiger partial charge in [-0.25, -0.2) is 0 Å². The van der Waals surface area contributed by atoms with Crippen molar-refractivity contribution in [1.29, 1.82) is 0 Å². The molecule has 0 aliphatic carbocycles. The Labute approximate surface area is 158 Å². The van der Waals surface area contributed by atoms with E-state index in [2.05, 4.69) is 15.6 Å². The average molecular weight is 400 g/mol. The molecule has 1 unspecified atom stereocenters. The molecule has 1 aromatic heterocycles. The SMILES string of the molecule is CCNC(=O)C(CNC(=O)c1ccccc1)c1ncc(C(F)(F)F)cc1Cl. The van der Waals surface area contributed by atoms with Gasteiger partial charge in [-0.1, -0.05) is 29.8 Å². The molecule has 0 spiro atoms. The maximum Gasteiger partial charge on any atom is 0.417 e. The van der Waals surface area contributed by atoms with Crippen molar-refractivity contribution >= 4 is 23.4 Å². The average Bonchev–Trinajstić information content (AvgIpc) is 2.63. The smallest absolute Gasteiger partial charge is 0.356 e. The minimum atomic E-state index is -4.60. The molecule has 144 valence electrons. The van der Waals surface area contributed by atoms with Gasteiger partial charge in [-0.2, -0.15) is 13.2 Å². The summed E-state index contributed by atoms with van der Waals surface area (Å²) in [5, 5.41) is 4.86. The molecule has 2 amide bonds. The molecule has 0 aliphatic rings. The Balaban J connectivity index is 2.24. The van der Waals surface area contributed by atoms with Crippen LogP contribution in [0.2, 0.25) is 5.02 Å². The second-order valence-electron chi connectivity index (χ2n) is 5.61. The van der Waals surface area contributed by atoms with Crippen molar-refractivity contribution in [2.45, 2.75) is 19.0 Å². The van der Waals surface area contributed by atoms with Crippen LogP contribution in [0.25, 0.3) is 0 Å². The number of nitrogens with one attached hydrogen (secondary N) is 2. The number of hydrogen-bond acceptors (Lipinski definition) is 3. The highest BCUT2D eigenvalue weighted by molar-refractivity contribution is 6.31. The lowest BCUT2D eigenvalue weighted by molar-refractivity contribution is -0.137. The fraction of sp³-hybridized carbons (Fsp3) is 0.278. The van der Waals surface area contributed by atoms with E-state index in [0.29, 0.717) is 18.3 Å². The first-order chi connectivity index (χ1) is 12.7. The van der Waals surface area contributed by atoms with E-state index in [0.717, 1.165) is 6.07 Å². The number of likely N-dealkylation sites (N-methyl/N-ethyl adjacent to an activating group) is 1. The summed E-state index contributed by atoms with van der Waals surface area (Å²) in [6.45, 7) is 1.83. The summed E-state index contributed by atoms with van der Waals surface area (Å²) in [6, 6.07) is 9.03. The maximum atomic E-state index is 12.8. The van der Waals surface area contributed by atoms with Gasteiger partial charge in [0.25, 0.3) is 5.91 Å². The molecule has 2 N–H and O–H groups in total. The monoisotopic (exact) mass is 399 g/mol. The van der Waals surface area contributed by atoms with E-state index >= 15 is 0 Å². The van der Waals surface area contributed by atoms with Gasteiger partial charge in [0, 0.05) is 24.8 Å². The number of benzene rings is 1. The molecule has 1 aromatic carbocycles. The summed E-state index contributed by atoms with van der Waals surface area (Å²) in [4.78, 5) is 28.3. The largest absolute Gasteiger partial charge is 0.417 e. The van der Waals surface area contributed by atoms with E-state index in [9.17, 15) is 22.8 Å². The van der Waals surface area contributed by atoms with E-state index in [-0.39, 0.29) is 17.3 Å². The molecule has 2 aromatic rings. The molecule has 0 radical (unpaired) electrons. The summed E-state index contributed by atoms with van der Waals surface area (Å²) >= 11 is 5.95. The zero-order valence-corrected chi connectivity index (χ0v) is 15.1. The Bertz CT molecular complexity index is 813. The number of nitrogens with zero attached hydrogens (tertiary/aromatic N) is 1. The molecular formula is C18H17ClF3N3O2. The Morgan fingerprint density at radius 3 is 2.41 bits per heavy atom. The number of rotatable bonds is 6. The van der Waals surface area contributed by atoms with Crippen LogP contribution in [0.15, 0.2) is 42.6 Å². The Morgan fingerprint density at radius 2 is 1.85 bits per heavy atom. The maximum absolute atomic E-state index is 12.8. The van der Waals surface area contributed by atoms with E-state index in [1.807, 2.05) is 0 Å². The van der Waals surface area contributed by atoms with Gasteiger partial charge in [0.1, 0.15) is 0 Å². The van der Waals surface area contributed by atoms with Crippen LogP contribution in [0, 0.1) is 0 Å². The first-order valence-electron chi connectivity index (χ1n) is 8.07. The molecule has 5 nitrogen and oxygen atoms in total. The van der Waals surface area contributed by atoms with Gasteiger partial charge in [-0.3, -0.25) is 14.6 Å². The van der Waals surface area contributed by atoms with Gasteiger partial charge >= 0.3 is 6.18 Å². The molecule has 1 heterocycles. The van der Waals surface area contributed by atoms with Gasteiger partial charge in [0.05, 0.1) is 22.2 Å². The third kappa shape index (κ3) is 5.43. The van der Waals surface area contributed by atoms with Crippen molar-refractivity contribution in [3.8, 4) is 0 Å². The molecule has 27 heavy (non-hydrogen) atoms. The highest BCUT2D eigenvalue weighted by Crippen LogP contribution is 2.32. The van der Waals surface area contributed by atoms with Crippen LogP contribution in [0.4, 0.5) is 13.2 Å². The van der Waals surface area contributed by atoms with E-state index in [1.54, 1.807) is 37.3 Å². The Morgan fingerprint density at radius 1 is 1.19 bits per heavy atom. The van der Waals surface area contributed by atoms with E-state index < -0.39 is 29.5 Å². The molecule has 0 bridgehead atoms. The van der Waals surface area contributed by atoms with Gasteiger partial charge in [0.15, 0.2) is 0 Å². The summed E-state index contributed by atoms with van der Waals surface area (Å²) in [7, 11) is 0. The lowest BCUT2D eigenvalue weighted by Crippen LogP contribution is -2.38. The van der Waals surface area contributed by atoms with Crippen LogP contribution in [0.3, 0.4) is 0 Å². The standard InChI is InChI=1S/C18H17ClF3N3O2/c1-2-23-17(27)13(10-25-16(26)11-6-4-3-5-7-11)15-14(19)8-12(9-24-15)18(20,21)22/h3-9,13H,2,10H2,1H3,(H,23,27)(H,25,26). The zero-order chi connectivity index (χ0) is 20.0. The normalized spacial score (nSPS) is 12.3. The topological polar surface area (TPSA) is 71.1 Å². The van der Waals surface area contributed by atoms with E-state index in [4.69, 9.17) is 11.6 Å². The predicted molar refractivity (Wildman–Crippen MR) is 94.4 cm³/mol. The van der Waals surface area contributed by atoms with Gasteiger partial charge in [0.2, 0.25) is 5.91 Å². The molecule has 2 rings (SSSR count). The third-order valence-corrected chi connectivity index (χ3v) is 4.00. The predicted octanol–water partition coefficient (Wildman–Crippen LogP) is 3.40. The zero-order valence-electron chi connectivity index (χ0n) is 14.3. The van der Waals surface area contributed by atoms with Crippen LogP contribution in [0.1, 0.15) is 34.5 Å². The summed E-state index contributed by atoms with van der Waals surface area (Å²) < 4.78 is 38.4. The minimum Gasteiger partial charge on any atom is -0.356 e. The van der Waals surface area contributed by atoms with Crippen LogP contribution >= 0.6 is 11.6 Å². The molecule has 0 fully saturated rings. The number of pyridine rings is 1. The summed E-state index contributed by atoms with van der Waals surface area (Å²) in [5.74, 6) is -1.96. The molecule has 9 heteroatoms. The van der Waals surface area contributed by atoms with Crippen LogP contribution in [-0.4, -0.2) is 29.9 Å². The van der Waals surface area contributed by atoms with Crippen molar-refractivity contribution in [3.05, 3.63) is 64.4 Å². The fourth-order valence-corrected chi connectivity index (χ4v) is 2.66. The third-order valence-electron chi connectivity index (χ3n) is 3.70. The Hall–Kier alpha value is -2.61. The van der Waals surface area contributed by atoms with Crippen molar-refractivity contribution < 1.29 is 22.8 Å². The number of carbonyl (C=O) groups is 2. The fourth-order valence-electron chi connectivity index (χ4n) is 2.36. The lowest BCUT2D eigenvalue weighted by atomic mass is 10.0. The van der Waals surface area contributed by atoms with Crippen LogP contribution in [-0.2, 0) is 11.0 Å². The second-order valence-corrected chi connectivity index (χ2v) is 6.02. The minimum absolute atomic E-state index is 0.0380. The van der Waals surface area contributed by atoms with Crippen LogP contribution < -0.4 is 10.6 Å². The number of hydrogen-bond donors (Lipinski definition) is 2. The number of alkyl halides is 3. The second kappa shape index (κ2) is 8.85. The summed E-state index contributed by atoms with van der Waals surface area (Å²) in [6.07, 6.45) is -3.98. The number of carbonyl (C=O) groups excluding carboxylic acids is 2. The van der Waals surface area contributed by atoms with Gasteiger partial charge in [-0.05, 0) is 25.1 Å². The Kier molecular flexibility index (Phi) is 6.79. The van der Waals surface area contributed by atoms with E-state index in [1.165, 1.54) is 0 Å². The number of halogens is 4. The first kappa shape index (κ1) is 20.7. The van der Waals surface area contributed by atoms with Gasteiger partial charge < -0.3 is 10.6 Å². The van der Waals surface area contributed by atoms with Crippen LogP contribution in [0.5, 0.6) is 0 Å². The van der Waals surface area contributed by atoms with Crippen molar-refractivity contribution in [3.63, 3.8) is 0 Å². The molecule has 0 aliphatic heterocycles. The van der Waals surface area contributed by atoms with Crippen molar-refractivity contribution in [2.75, 3.05) is 13.1 Å². The molecule has 1 atom stereocenters. The number of amides is 2. The summed E-state index contributed by atoms with van der Waals surface area (Å²) in [5.41, 5.74) is -0.665. The molecular weight excluding hydrogens is 383 g/mol. The van der Waals surface area contributed by atoms with Crippen molar-refractivity contribution in [1.82, 2.24) is 15.6 Å². The number of aromatic nitrogens is 1. The van der Waals surface area contributed by atoms with Crippen molar-refractivity contribution in [2.24, 2.45) is 0 Å². The molecule has 0 saturated carbocycles. The molecule has 0 saturated heterocycles. The lowest BCUT2D eigenvalue weighted by Gasteiger charge is -2.18.